The van der Waals surface area contributed by atoms with Gasteiger partial charge in [-0.05, 0) is 49.4 Å². The third-order valence-electron chi connectivity index (χ3n) is 6.58. The van der Waals surface area contributed by atoms with Crippen molar-refractivity contribution in [3.8, 4) is 11.1 Å². The summed E-state index contributed by atoms with van der Waals surface area (Å²) in [5.41, 5.74) is 9.33. The Kier molecular flexibility index (Phi) is 11.5. The molecular weight excluding hydrogens is 508 g/mol. The minimum absolute atomic E-state index is 0.0141. The summed E-state index contributed by atoms with van der Waals surface area (Å²) in [7, 11) is 0. The summed E-state index contributed by atoms with van der Waals surface area (Å²) in [4.78, 5) is 26.0. The van der Waals surface area contributed by atoms with Gasteiger partial charge in [0.15, 0.2) is 0 Å². The minimum Gasteiger partial charge on any atom is -0.404 e. The van der Waals surface area contributed by atoms with Gasteiger partial charge in [-0.15, -0.1) is 0 Å². The fraction of sp³-hybridized carbons (Fsp3) is 0.375. The van der Waals surface area contributed by atoms with Crippen LogP contribution < -0.4 is 11.1 Å². The number of benzene rings is 2. The lowest BCUT2D eigenvalue weighted by molar-refractivity contribution is -0.120. The van der Waals surface area contributed by atoms with Gasteiger partial charge in [-0.1, -0.05) is 57.9 Å². The van der Waals surface area contributed by atoms with Gasteiger partial charge in [0, 0.05) is 48.1 Å². The third-order valence-corrected chi connectivity index (χ3v) is 6.58. The number of amides is 1. The van der Waals surface area contributed by atoms with Crippen molar-refractivity contribution < 1.29 is 13.6 Å². The Balaban J connectivity index is 1.92. The fourth-order valence-corrected chi connectivity index (χ4v) is 4.54. The van der Waals surface area contributed by atoms with Crippen molar-refractivity contribution in [1.29, 1.82) is 0 Å². The van der Waals surface area contributed by atoms with E-state index in [9.17, 15) is 4.79 Å². The molecule has 3 N–H and O–H groups in total. The number of nitrogens with one attached hydrogen (secondary N) is 1. The van der Waals surface area contributed by atoms with Gasteiger partial charge < -0.3 is 11.1 Å². The summed E-state index contributed by atoms with van der Waals surface area (Å²) >= 11 is 0. The van der Waals surface area contributed by atoms with E-state index in [1.165, 1.54) is 18.3 Å². The Bertz CT molecular complexity index is 1370. The number of aromatic nitrogens is 2. The molecule has 0 bridgehead atoms. The molecule has 0 aliphatic heterocycles. The summed E-state index contributed by atoms with van der Waals surface area (Å²) in [6.07, 6.45) is 9.60. The molecule has 40 heavy (non-hydrogen) atoms. The largest absolute Gasteiger partial charge is 0.404 e. The van der Waals surface area contributed by atoms with Gasteiger partial charge in [0.05, 0.1) is 22.9 Å². The molecule has 0 radical (unpaired) electrons. The Morgan fingerprint density at radius 2 is 1.82 bits per heavy atom. The van der Waals surface area contributed by atoms with Crippen LogP contribution in [-0.4, -0.2) is 34.7 Å². The predicted molar refractivity (Wildman–Crippen MR) is 160 cm³/mol. The van der Waals surface area contributed by atoms with E-state index in [0.717, 1.165) is 32.1 Å². The number of fused-ring (bicyclic) bond motifs is 1. The van der Waals surface area contributed by atoms with Gasteiger partial charge in [0.25, 0.3) is 0 Å². The molecule has 0 spiro atoms. The predicted octanol–water partition coefficient (Wildman–Crippen LogP) is 6.93. The van der Waals surface area contributed by atoms with Crippen LogP contribution in [-0.2, 0) is 11.2 Å². The van der Waals surface area contributed by atoms with E-state index >= 15 is 8.78 Å². The standard InChI is InChI=1S/C32H39F2N5O/c1-5-9-24(10-6-2)37-19-23(18-35)30-20-38-29-12-8-11-25(32(29)39-30)22-16-27(33)26(28(34)17-22)14-21(4)15-31(40)36-13-7-3/h8,11-12,16-20,24H,4-7,9-10,13-15,35H2,1-3H3,(H,36,40). The molecule has 0 aliphatic carbocycles. The normalized spacial score (nSPS) is 12.0. The van der Waals surface area contributed by atoms with Crippen LogP contribution in [0.25, 0.3) is 27.7 Å². The van der Waals surface area contributed by atoms with Crippen LogP contribution in [0.1, 0.15) is 70.6 Å². The topological polar surface area (TPSA) is 93.3 Å². The van der Waals surface area contributed by atoms with Gasteiger partial charge in [-0.3, -0.25) is 14.8 Å². The van der Waals surface area contributed by atoms with E-state index in [4.69, 9.17) is 15.7 Å². The minimum atomic E-state index is -0.709. The first-order valence-corrected chi connectivity index (χ1v) is 13.9. The lowest BCUT2D eigenvalue weighted by atomic mass is 9.97. The molecule has 1 heterocycles. The summed E-state index contributed by atoms with van der Waals surface area (Å²) in [6, 6.07) is 8.10. The van der Waals surface area contributed by atoms with Gasteiger partial charge >= 0.3 is 0 Å². The zero-order valence-corrected chi connectivity index (χ0v) is 23.6. The van der Waals surface area contributed by atoms with E-state index in [0.29, 0.717) is 45.5 Å². The van der Waals surface area contributed by atoms with Crippen LogP contribution in [0.2, 0.25) is 0 Å². The fourth-order valence-electron chi connectivity index (χ4n) is 4.54. The molecule has 0 saturated carbocycles. The van der Waals surface area contributed by atoms with Crippen molar-refractivity contribution in [3.63, 3.8) is 0 Å². The van der Waals surface area contributed by atoms with Crippen molar-refractivity contribution in [2.45, 2.75) is 71.8 Å². The maximum Gasteiger partial charge on any atom is 0.224 e. The van der Waals surface area contributed by atoms with E-state index in [2.05, 4.69) is 30.7 Å². The summed E-state index contributed by atoms with van der Waals surface area (Å²) < 4.78 is 30.4. The number of hydrogen-bond acceptors (Lipinski definition) is 5. The highest BCUT2D eigenvalue weighted by Gasteiger charge is 2.17. The second kappa shape index (κ2) is 15.0. The van der Waals surface area contributed by atoms with Gasteiger partial charge in [-0.25, -0.2) is 13.8 Å². The average molecular weight is 548 g/mol. The number of para-hydroxylation sites is 1. The molecule has 2 aromatic carbocycles. The molecule has 0 fully saturated rings. The zero-order chi connectivity index (χ0) is 29.1. The van der Waals surface area contributed by atoms with Crippen molar-refractivity contribution in [3.05, 3.63) is 77.8 Å². The Morgan fingerprint density at radius 3 is 2.45 bits per heavy atom. The van der Waals surface area contributed by atoms with E-state index in [1.54, 1.807) is 30.6 Å². The molecule has 1 aromatic heterocycles. The molecule has 3 aromatic rings. The van der Waals surface area contributed by atoms with Crippen LogP contribution in [0.3, 0.4) is 0 Å². The lowest BCUT2D eigenvalue weighted by Crippen LogP contribution is -2.24. The number of hydrogen-bond donors (Lipinski definition) is 2. The third kappa shape index (κ3) is 8.04. The lowest BCUT2D eigenvalue weighted by Gasteiger charge is -2.12. The number of carbonyl (C=O) groups is 1. The summed E-state index contributed by atoms with van der Waals surface area (Å²) in [5.74, 6) is -1.63. The Morgan fingerprint density at radius 1 is 1.12 bits per heavy atom. The smallest absolute Gasteiger partial charge is 0.224 e. The number of carbonyl (C=O) groups excluding carboxylic acids is 1. The van der Waals surface area contributed by atoms with Crippen molar-refractivity contribution in [1.82, 2.24) is 15.3 Å². The number of nitrogens with two attached hydrogens (primary N) is 1. The molecule has 0 aliphatic rings. The second-order valence-electron chi connectivity index (χ2n) is 9.93. The molecular formula is C32H39F2N5O. The maximum absolute atomic E-state index is 15.2. The molecule has 212 valence electrons. The van der Waals surface area contributed by atoms with Crippen molar-refractivity contribution in [2.24, 2.45) is 10.7 Å². The molecule has 1 amide bonds. The zero-order valence-electron chi connectivity index (χ0n) is 23.6. The van der Waals surface area contributed by atoms with Gasteiger partial charge in [0.2, 0.25) is 5.91 Å². The highest BCUT2D eigenvalue weighted by Crippen LogP contribution is 2.31. The molecule has 6 nitrogen and oxygen atoms in total. The summed E-state index contributed by atoms with van der Waals surface area (Å²) in [5, 5.41) is 2.75. The first kappa shape index (κ1) is 30.6. The Hall–Kier alpha value is -3.94. The molecule has 0 saturated heterocycles. The van der Waals surface area contributed by atoms with Crippen molar-refractivity contribution >= 4 is 28.7 Å². The van der Waals surface area contributed by atoms with Gasteiger partial charge in [0.1, 0.15) is 11.6 Å². The second-order valence-corrected chi connectivity index (χ2v) is 9.93. The van der Waals surface area contributed by atoms with Crippen LogP contribution in [0.4, 0.5) is 8.78 Å². The van der Waals surface area contributed by atoms with E-state index in [-0.39, 0.29) is 30.4 Å². The Labute approximate surface area is 235 Å². The first-order valence-electron chi connectivity index (χ1n) is 13.9. The number of aliphatic imine (C=N–C) groups is 1. The first-order chi connectivity index (χ1) is 19.3. The van der Waals surface area contributed by atoms with Crippen molar-refractivity contribution in [2.75, 3.05) is 6.54 Å². The number of nitrogens with zero attached hydrogens (tertiary/aromatic N) is 3. The van der Waals surface area contributed by atoms with Crippen LogP contribution in [0, 0.1) is 11.6 Å². The monoisotopic (exact) mass is 547 g/mol. The van der Waals surface area contributed by atoms with E-state index < -0.39 is 11.6 Å². The van der Waals surface area contributed by atoms with Crippen LogP contribution in [0.15, 0.2) is 59.9 Å². The molecule has 0 unspecified atom stereocenters. The highest BCUT2D eigenvalue weighted by molar-refractivity contribution is 6.09. The molecule has 8 heteroatoms. The van der Waals surface area contributed by atoms with E-state index in [1.807, 2.05) is 6.92 Å². The SMILES string of the molecule is C=C(CC(=O)NCCC)Cc1c(F)cc(-c2cccc3ncc(C(C=NC(CCC)CCC)=CN)nc23)cc1F. The number of rotatable bonds is 14. The van der Waals surface area contributed by atoms with Gasteiger partial charge in [-0.2, -0.15) is 0 Å². The van der Waals surface area contributed by atoms with Crippen LogP contribution in [0.5, 0.6) is 0 Å². The maximum atomic E-state index is 15.2. The average Bonchev–Trinajstić information content (AvgIpc) is 2.93. The highest BCUT2D eigenvalue weighted by atomic mass is 19.1. The summed E-state index contributed by atoms with van der Waals surface area (Å²) in [6.45, 7) is 10.6. The molecule has 3 rings (SSSR count). The number of halogens is 2. The quantitative estimate of drug-likeness (QED) is 0.169. The van der Waals surface area contributed by atoms with Crippen LogP contribution >= 0.6 is 0 Å². The number of allylic oxidation sites excluding steroid dienone is 1. The molecule has 0 atom stereocenters.